The molecule has 0 atom stereocenters. The molecule has 1 aromatic heterocycles. The SMILES string of the molecule is CCCNc1nc(OC(C)C)nc(N2CCCSCC2)n1. The van der Waals surface area contributed by atoms with Gasteiger partial charge in [0.2, 0.25) is 11.9 Å². The summed E-state index contributed by atoms with van der Waals surface area (Å²) < 4.78 is 5.66. The fourth-order valence-electron chi connectivity index (χ4n) is 2.01. The lowest BCUT2D eigenvalue weighted by Gasteiger charge is -2.21. The number of thioether (sulfide) groups is 1. The van der Waals surface area contributed by atoms with Crippen molar-refractivity contribution in [3.05, 3.63) is 0 Å². The van der Waals surface area contributed by atoms with Gasteiger partial charge in [0, 0.05) is 25.4 Å². The molecule has 7 heteroatoms. The molecule has 1 fully saturated rings. The van der Waals surface area contributed by atoms with E-state index >= 15 is 0 Å². The quantitative estimate of drug-likeness (QED) is 0.865. The molecule has 0 spiro atoms. The predicted molar refractivity (Wildman–Crippen MR) is 88.5 cm³/mol. The maximum atomic E-state index is 5.66. The molecule has 1 aliphatic heterocycles. The standard InChI is InChI=1S/C14H25N5OS/c1-4-6-15-12-16-13(18-14(17-12)20-11(2)3)19-7-5-9-21-10-8-19/h11H,4-10H2,1-3H3,(H,15,16,17,18). The van der Waals surface area contributed by atoms with Crippen LogP contribution >= 0.6 is 11.8 Å². The van der Waals surface area contributed by atoms with Crippen molar-refractivity contribution in [3.8, 4) is 6.01 Å². The van der Waals surface area contributed by atoms with Crippen LogP contribution in [-0.2, 0) is 0 Å². The summed E-state index contributed by atoms with van der Waals surface area (Å²) >= 11 is 1.99. The van der Waals surface area contributed by atoms with Crippen molar-refractivity contribution < 1.29 is 4.74 Å². The van der Waals surface area contributed by atoms with Crippen LogP contribution in [0, 0.1) is 0 Å². The van der Waals surface area contributed by atoms with Gasteiger partial charge in [-0.15, -0.1) is 0 Å². The summed E-state index contributed by atoms with van der Waals surface area (Å²) in [5, 5.41) is 3.23. The molecule has 0 radical (unpaired) electrons. The number of hydrogen-bond acceptors (Lipinski definition) is 7. The highest BCUT2D eigenvalue weighted by atomic mass is 32.2. The minimum Gasteiger partial charge on any atom is -0.461 e. The minimum atomic E-state index is 0.0546. The fraction of sp³-hybridized carbons (Fsp3) is 0.786. The van der Waals surface area contributed by atoms with Crippen LogP contribution in [0.3, 0.4) is 0 Å². The second-order valence-corrected chi connectivity index (χ2v) is 6.51. The molecule has 2 rings (SSSR count). The Morgan fingerprint density at radius 1 is 1.24 bits per heavy atom. The first-order valence-corrected chi connectivity index (χ1v) is 8.83. The van der Waals surface area contributed by atoms with Gasteiger partial charge in [0.05, 0.1) is 6.10 Å². The van der Waals surface area contributed by atoms with Crippen LogP contribution in [-0.4, -0.2) is 52.2 Å². The second-order valence-electron chi connectivity index (χ2n) is 5.29. The van der Waals surface area contributed by atoms with Gasteiger partial charge in [0.1, 0.15) is 0 Å². The van der Waals surface area contributed by atoms with Gasteiger partial charge in [-0.2, -0.15) is 26.7 Å². The third-order valence-corrected chi connectivity index (χ3v) is 4.03. The zero-order chi connectivity index (χ0) is 15.1. The smallest absolute Gasteiger partial charge is 0.323 e. The number of hydrogen-bond donors (Lipinski definition) is 1. The van der Waals surface area contributed by atoms with E-state index < -0.39 is 0 Å². The molecule has 21 heavy (non-hydrogen) atoms. The lowest BCUT2D eigenvalue weighted by molar-refractivity contribution is 0.222. The maximum Gasteiger partial charge on any atom is 0.323 e. The molecule has 1 N–H and O–H groups in total. The van der Waals surface area contributed by atoms with Gasteiger partial charge in [-0.05, 0) is 32.4 Å². The monoisotopic (exact) mass is 311 g/mol. The highest BCUT2D eigenvalue weighted by Gasteiger charge is 2.16. The maximum absolute atomic E-state index is 5.66. The van der Waals surface area contributed by atoms with E-state index in [1.54, 1.807) is 0 Å². The van der Waals surface area contributed by atoms with E-state index in [9.17, 15) is 0 Å². The zero-order valence-electron chi connectivity index (χ0n) is 13.1. The Morgan fingerprint density at radius 2 is 2.10 bits per heavy atom. The van der Waals surface area contributed by atoms with E-state index in [2.05, 4.69) is 32.1 Å². The van der Waals surface area contributed by atoms with Crippen molar-refractivity contribution in [2.45, 2.75) is 39.7 Å². The van der Waals surface area contributed by atoms with Crippen molar-refractivity contribution in [2.24, 2.45) is 0 Å². The van der Waals surface area contributed by atoms with Crippen LogP contribution in [0.1, 0.15) is 33.6 Å². The lowest BCUT2D eigenvalue weighted by atomic mass is 10.4. The van der Waals surface area contributed by atoms with E-state index in [0.29, 0.717) is 12.0 Å². The Kier molecular flexibility index (Phi) is 6.35. The number of nitrogens with zero attached hydrogens (tertiary/aromatic N) is 4. The van der Waals surface area contributed by atoms with Gasteiger partial charge in [0.15, 0.2) is 0 Å². The Bertz CT molecular complexity index is 435. The van der Waals surface area contributed by atoms with Gasteiger partial charge >= 0.3 is 6.01 Å². The fourth-order valence-corrected chi connectivity index (χ4v) is 2.90. The molecule has 0 amide bonds. The third-order valence-electron chi connectivity index (χ3n) is 2.98. The van der Waals surface area contributed by atoms with Crippen molar-refractivity contribution in [1.82, 2.24) is 15.0 Å². The van der Waals surface area contributed by atoms with Crippen LogP contribution in [0.4, 0.5) is 11.9 Å². The second kappa shape index (κ2) is 8.26. The van der Waals surface area contributed by atoms with Gasteiger partial charge in [-0.3, -0.25) is 0 Å². The summed E-state index contributed by atoms with van der Waals surface area (Å²) in [6.45, 7) is 8.89. The summed E-state index contributed by atoms with van der Waals surface area (Å²) in [4.78, 5) is 15.6. The molecule has 1 aliphatic rings. The van der Waals surface area contributed by atoms with Crippen LogP contribution < -0.4 is 15.0 Å². The number of anilines is 2. The molecular formula is C14H25N5OS. The molecule has 0 aliphatic carbocycles. The number of nitrogens with one attached hydrogen (secondary N) is 1. The first kappa shape index (κ1) is 16.1. The Balaban J connectivity index is 2.20. The Labute approximate surface area is 131 Å². The first-order chi connectivity index (χ1) is 10.2. The van der Waals surface area contributed by atoms with E-state index in [4.69, 9.17) is 4.74 Å². The summed E-state index contributed by atoms with van der Waals surface area (Å²) in [5.74, 6) is 3.65. The van der Waals surface area contributed by atoms with Gasteiger partial charge < -0.3 is 15.0 Å². The highest BCUT2D eigenvalue weighted by molar-refractivity contribution is 7.99. The molecule has 0 unspecified atom stereocenters. The van der Waals surface area contributed by atoms with E-state index in [1.165, 1.54) is 5.75 Å². The van der Waals surface area contributed by atoms with Gasteiger partial charge in [-0.25, -0.2) is 0 Å². The average Bonchev–Trinajstić information content (AvgIpc) is 2.73. The largest absolute Gasteiger partial charge is 0.461 e. The van der Waals surface area contributed by atoms with Gasteiger partial charge in [0.25, 0.3) is 0 Å². The number of aromatic nitrogens is 3. The van der Waals surface area contributed by atoms with Crippen LogP contribution in [0.5, 0.6) is 6.01 Å². The van der Waals surface area contributed by atoms with E-state index in [1.807, 2.05) is 25.6 Å². The van der Waals surface area contributed by atoms with E-state index in [-0.39, 0.29) is 6.10 Å². The molecule has 0 aromatic carbocycles. The van der Waals surface area contributed by atoms with Crippen molar-refractivity contribution in [2.75, 3.05) is 41.4 Å². The van der Waals surface area contributed by atoms with Crippen molar-refractivity contribution in [3.63, 3.8) is 0 Å². The van der Waals surface area contributed by atoms with Crippen LogP contribution in [0.25, 0.3) is 0 Å². The molecule has 118 valence electrons. The molecule has 0 saturated carbocycles. The Hall–Kier alpha value is -1.24. The zero-order valence-corrected chi connectivity index (χ0v) is 13.9. The van der Waals surface area contributed by atoms with Crippen LogP contribution in [0.2, 0.25) is 0 Å². The molecular weight excluding hydrogens is 286 g/mol. The Morgan fingerprint density at radius 3 is 2.86 bits per heavy atom. The van der Waals surface area contributed by atoms with Crippen LogP contribution in [0.15, 0.2) is 0 Å². The lowest BCUT2D eigenvalue weighted by Crippen LogP contribution is -2.28. The minimum absolute atomic E-state index is 0.0546. The molecule has 2 heterocycles. The molecule has 1 aromatic rings. The van der Waals surface area contributed by atoms with Crippen molar-refractivity contribution in [1.29, 1.82) is 0 Å². The number of ether oxygens (including phenoxy) is 1. The third kappa shape index (κ3) is 5.22. The molecule has 1 saturated heterocycles. The highest BCUT2D eigenvalue weighted by Crippen LogP contribution is 2.19. The number of rotatable bonds is 6. The summed E-state index contributed by atoms with van der Waals surface area (Å²) in [6, 6.07) is 0.408. The summed E-state index contributed by atoms with van der Waals surface area (Å²) in [5.41, 5.74) is 0. The topological polar surface area (TPSA) is 63.2 Å². The predicted octanol–water partition coefficient (Wildman–Crippen LogP) is 2.42. The van der Waals surface area contributed by atoms with Crippen molar-refractivity contribution >= 4 is 23.7 Å². The normalized spacial score (nSPS) is 15.9. The molecule has 6 nitrogen and oxygen atoms in total. The van der Waals surface area contributed by atoms with Gasteiger partial charge in [-0.1, -0.05) is 6.92 Å². The molecule has 0 bridgehead atoms. The summed E-state index contributed by atoms with van der Waals surface area (Å²) in [7, 11) is 0. The summed E-state index contributed by atoms with van der Waals surface area (Å²) in [6.07, 6.45) is 2.25. The average molecular weight is 311 g/mol. The van der Waals surface area contributed by atoms with E-state index in [0.717, 1.165) is 44.2 Å². The first-order valence-electron chi connectivity index (χ1n) is 7.68.